The molecule has 0 saturated carbocycles. The minimum absolute atomic E-state index is 0.183. The van der Waals surface area contributed by atoms with Gasteiger partial charge in [0.1, 0.15) is 18.1 Å². The van der Waals surface area contributed by atoms with Crippen molar-refractivity contribution in [2.24, 2.45) is 0 Å². The van der Waals surface area contributed by atoms with Gasteiger partial charge < -0.3 is 19.2 Å². The predicted molar refractivity (Wildman–Crippen MR) is 122 cm³/mol. The van der Waals surface area contributed by atoms with Gasteiger partial charge in [0, 0.05) is 19.6 Å². The molecule has 1 aliphatic rings. The number of amides is 1. The van der Waals surface area contributed by atoms with Gasteiger partial charge in [-0.25, -0.2) is 0 Å². The average molecular weight is 447 g/mol. The van der Waals surface area contributed by atoms with Gasteiger partial charge in [-0.05, 0) is 61.4 Å². The van der Waals surface area contributed by atoms with E-state index in [1.54, 1.807) is 12.1 Å². The first kappa shape index (κ1) is 23.1. The second kappa shape index (κ2) is 12.3. The Morgan fingerprint density at radius 2 is 1.90 bits per heavy atom. The summed E-state index contributed by atoms with van der Waals surface area (Å²) in [6, 6.07) is 11.2. The molecule has 168 valence electrons. The fourth-order valence-corrected chi connectivity index (χ4v) is 3.26. The van der Waals surface area contributed by atoms with Crippen LogP contribution in [0, 0.1) is 0 Å². The Bertz CT molecular complexity index is 834. The molecule has 0 spiro atoms. The summed E-state index contributed by atoms with van der Waals surface area (Å²) in [6.45, 7) is 7.61. The van der Waals surface area contributed by atoms with Crippen molar-refractivity contribution in [1.82, 2.24) is 21.1 Å². The van der Waals surface area contributed by atoms with Crippen LogP contribution in [-0.2, 0) is 17.8 Å². The third-order valence-corrected chi connectivity index (χ3v) is 5.17. The maximum Gasteiger partial charge on any atom is 0.305 e. The van der Waals surface area contributed by atoms with E-state index in [-0.39, 0.29) is 12.4 Å². The van der Waals surface area contributed by atoms with Gasteiger partial charge in [0.25, 0.3) is 0 Å². The molecular weight excluding hydrogens is 416 g/mol. The van der Waals surface area contributed by atoms with Gasteiger partial charge in [0.05, 0.1) is 13.2 Å². The lowest BCUT2D eigenvalue weighted by molar-refractivity contribution is 0.0376. The van der Waals surface area contributed by atoms with Crippen molar-refractivity contribution in [3.8, 4) is 5.75 Å². The van der Waals surface area contributed by atoms with Crippen molar-refractivity contribution >= 4 is 23.2 Å². The summed E-state index contributed by atoms with van der Waals surface area (Å²) in [6.07, 6.45) is 1.94. The van der Waals surface area contributed by atoms with Crippen LogP contribution in [-0.4, -0.2) is 55.3 Å². The lowest BCUT2D eigenvalue weighted by Gasteiger charge is -2.26. The summed E-state index contributed by atoms with van der Waals surface area (Å²) < 4.78 is 16.6. The number of benzene rings is 1. The number of hydrogen-bond donors (Lipinski definition) is 3. The number of hydrazine groups is 1. The fraction of sp³-hybridized carbons (Fsp3) is 0.455. The number of nitrogens with zero attached hydrogens (tertiary/aromatic N) is 1. The number of ether oxygens (including phenoxy) is 2. The number of hydrogen-bond acceptors (Lipinski definition) is 6. The van der Waals surface area contributed by atoms with E-state index in [4.69, 9.17) is 26.1 Å². The Kier molecular flexibility index (Phi) is 9.14. The quantitative estimate of drug-likeness (QED) is 0.307. The Labute approximate surface area is 188 Å². The number of thiocarbonyl (C=S) groups is 1. The molecule has 0 bridgehead atoms. The van der Waals surface area contributed by atoms with E-state index in [1.165, 1.54) is 5.56 Å². The fourth-order valence-electron chi connectivity index (χ4n) is 3.10. The molecule has 0 aliphatic carbocycles. The molecule has 3 rings (SSSR count). The van der Waals surface area contributed by atoms with E-state index in [0.29, 0.717) is 10.9 Å². The molecule has 9 heteroatoms. The molecule has 2 aromatic rings. The first-order valence-corrected chi connectivity index (χ1v) is 11.0. The van der Waals surface area contributed by atoms with E-state index in [0.717, 1.165) is 58.0 Å². The van der Waals surface area contributed by atoms with Crippen LogP contribution in [0.15, 0.2) is 40.8 Å². The Hall–Kier alpha value is -2.62. The van der Waals surface area contributed by atoms with Crippen LogP contribution in [0.4, 0.5) is 0 Å². The van der Waals surface area contributed by atoms with Crippen molar-refractivity contribution in [3.05, 3.63) is 53.5 Å². The van der Waals surface area contributed by atoms with Crippen molar-refractivity contribution in [2.75, 3.05) is 39.4 Å². The van der Waals surface area contributed by atoms with Gasteiger partial charge in [-0.2, -0.15) is 0 Å². The molecule has 3 N–H and O–H groups in total. The van der Waals surface area contributed by atoms with Crippen LogP contribution < -0.4 is 20.9 Å². The normalized spacial score (nSPS) is 14.1. The molecule has 0 radical (unpaired) electrons. The number of morpholine rings is 1. The van der Waals surface area contributed by atoms with Crippen molar-refractivity contribution < 1.29 is 18.7 Å². The van der Waals surface area contributed by atoms with Crippen molar-refractivity contribution in [1.29, 1.82) is 0 Å². The summed E-state index contributed by atoms with van der Waals surface area (Å²) >= 11 is 5.19. The second-order valence-corrected chi connectivity index (χ2v) is 7.60. The molecule has 1 aliphatic heterocycles. The summed E-state index contributed by atoms with van der Waals surface area (Å²) in [5.41, 5.74) is 6.48. The van der Waals surface area contributed by atoms with E-state index in [9.17, 15) is 4.79 Å². The monoisotopic (exact) mass is 446 g/mol. The molecule has 1 aromatic heterocycles. The van der Waals surface area contributed by atoms with Crippen LogP contribution in [0.5, 0.6) is 5.75 Å². The Morgan fingerprint density at radius 3 is 2.65 bits per heavy atom. The van der Waals surface area contributed by atoms with Gasteiger partial charge in [-0.3, -0.25) is 20.5 Å². The van der Waals surface area contributed by atoms with Crippen LogP contribution >= 0.6 is 12.2 Å². The standard InChI is InChI=1S/C22H30N4O4S/c1-2-17-4-6-18(7-5-17)29-16-19-8-9-20(30-19)21(27)24-25-22(31)23-10-3-11-26-12-14-28-15-13-26/h4-9H,2-3,10-16H2,1H3,(H,24,27)(H2,23,25,31). The average Bonchev–Trinajstić information content (AvgIpc) is 3.29. The molecule has 31 heavy (non-hydrogen) atoms. The SMILES string of the molecule is CCc1ccc(OCc2ccc(C(=O)NNC(=S)NCCCN3CCOCC3)o2)cc1. The molecule has 0 atom stereocenters. The zero-order valence-electron chi connectivity index (χ0n) is 17.8. The van der Waals surface area contributed by atoms with Crippen molar-refractivity contribution in [3.63, 3.8) is 0 Å². The zero-order valence-corrected chi connectivity index (χ0v) is 18.6. The maximum absolute atomic E-state index is 12.2. The largest absolute Gasteiger partial charge is 0.486 e. The highest BCUT2D eigenvalue weighted by Crippen LogP contribution is 2.16. The maximum atomic E-state index is 12.2. The van der Waals surface area contributed by atoms with E-state index < -0.39 is 5.91 Å². The highest BCUT2D eigenvalue weighted by molar-refractivity contribution is 7.80. The van der Waals surface area contributed by atoms with Gasteiger partial charge >= 0.3 is 5.91 Å². The smallest absolute Gasteiger partial charge is 0.305 e. The number of carbonyl (C=O) groups is 1. The summed E-state index contributed by atoms with van der Waals surface area (Å²) in [4.78, 5) is 14.6. The molecule has 1 fully saturated rings. The summed E-state index contributed by atoms with van der Waals surface area (Å²) in [5, 5.41) is 3.44. The molecule has 2 heterocycles. The molecule has 1 aromatic carbocycles. The lowest BCUT2D eigenvalue weighted by atomic mass is 10.2. The van der Waals surface area contributed by atoms with Gasteiger partial charge in [0.2, 0.25) is 0 Å². The number of aryl methyl sites for hydroxylation is 1. The van der Waals surface area contributed by atoms with Crippen LogP contribution in [0.3, 0.4) is 0 Å². The van der Waals surface area contributed by atoms with Gasteiger partial charge in [-0.1, -0.05) is 19.1 Å². The van der Waals surface area contributed by atoms with Crippen molar-refractivity contribution in [2.45, 2.75) is 26.4 Å². The highest BCUT2D eigenvalue weighted by atomic mass is 32.1. The topological polar surface area (TPSA) is 88.0 Å². The predicted octanol–water partition coefficient (Wildman–Crippen LogP) is 2.25. The number of carbonyl (C=O) groups excluding carboxylic acids is 1. The zero-order chi connectivity index (χ0) is 21.9. The highest BCUT2D eigenvalue weighted by Gasteiger charge is 2.12. The third kappa shape index (κ3) is 7.86. The first-order chi connectivity index (χ1) is 15.1. The molecule has 0 unspecified atom stereocenters. The van der Waals surface area contributed by atoms with Crippen LogP contribution in [0.1, 0.15) is 35.2 Å². The Morgan fingerprint density at radius 1 is 1.13 bits per heavy atom. The minimum Gasteiger partial charge on any atom is -0.486 e. The summed E-state index contributed by atoms with van der Waals surface area (Å²) in [7, 11) is 0. The van der Waals surface area contributed by atoms with E-state index in [2.05, 4.69) is 28.0 Å². The molecular formula is C22H30N4O4S. The van der Waals surface area contributed by atoms with Crippen LogP contribution in [0.2, 0.25) is 0 Å². The van der Waals surface area contributed by atoms with E-state index in [1.807, 2.05) is 24.3 Å². The molecule has 8 nitrogen and oxygen atoms in total. The minimum atomic E-state index is -0.406. The number of rotatable bonds is 9. The van der Waals surface area contributed by atoms with Gasteiger partial charge in [0.15, 0.2) is 10.9 Å². The summed E-state index contributed by atoms with van der Waals surface area (Å²) in [5.74, 6) is 1.10. The van der Waals surface area contributed by atoms with E-state index >= 15 is 0 Å². The molecule has 1 amide bonds. The lowest BCUT2D eigenvalue weighted by Crippen LogP contribution is -2.47. The first-order valence-electron chi connectivity index (χ1n) is 10.6. The number of nitrogens with one attached hydrogen (secondary N) is 3. The van der Waals surface area contributed by atoms with Gasteiger partial charge in [-0.15, -0.1) is 0 Å². The molecule has 1 saturated heterocycles. The van der Waals surface area contributed by atoms with Crippen LogP contribution in [0.25, 0.3) is 0 Å². The number of furan rings is 1. The third-order valence-electron chi connectivity index (χ3n) is 4.93. The second-order valence-electron chi connectivity index (χ2n) is 7.19. The Balaban J connectivity index is 1.31.